The van der Waals surface area contributed by atoms with E-state index in [1.54, 1.807) is 0 Å². The molecule has 0 saturated carbocycles. The Morgan fingerprint density at radius 1 is 0.933 bits per heavy atom. The maximum absolute atomic E-state index is 12.0. The van der Waals surface area contributed by atoms with Crippen molar-refractivity contribution in [3.05, 3.63) is 12.2 Å². The summed E-state index contributed by atoms with van der Waals surface area (Å²) < 4.78 is 72.1. The van der Waals surface area contributed by atoms with E-state index in [2.05, 4.69) is 15.9 Å². The molecule has 0 saturated heterocycles. The first-order valence-corrected chi connectivity index (χ1v) is 4.75. The van der Waals surface area contributed by atoms with Gasteiger partial charge in [0.25, 0.3) is 5.60 Å². The van der Waals surface area contributed by atoms with E-state index in [4.69, 9.17) is 5.11 Å². The van der Waals surface area contributed by atoms with Crippen molar-refractivity contribution in [2.75, 3.05) is 5.33 Å². The monoisotopic (exact) mass is 300 g/mol. The molecule has 0 aliphatic carbocycles. The van der Waals surface area contributed by atoms with Gasteiger partial charge in [-0.25, -0.2) is 0 Å². The Balaban J connectivity index is 4.98. The van der Waals surface area contributed by atoms with Gasteiger partial charge in [0, 0.05) is 11.8 Å². The van der Waals surface area contributed by atoms with Gasteiger partial charge in [-0.15, -0.1) is 0 Å². The van der Waals surface area contributed by atoms with Gasteiger partial charge in [0.05, 0.1) is 0 Å². The summed E-state index contributed by atoms with van der Waals surface area (Å²) in [7, 11) is 0. The van der Waals surface area contributed by atoms with Crippen LogP contribution in [0.15, 0.2) is 12.2 Å². The second-order valence-electron chi connectivity index (χ2n) is 2.69. The topological polar surface area (TPSA) is 20.2 Å². The largest absolute Gasteiger partial charge is 0.426 e. The minimum atomic E-state index is -5.75. The molecule has 0 fully saturated rings. The Morgan fingerprint density at radius 3 is 1.60 bits per heavy atom. The number of allylic oxidation sites excluding steroid dienone is 1. The molecule has 8 heteroatoms. The molecule has 90 valence electrons. The Morgan fingerprint density at radius 2 is 1.33 bits per heavy atom. The summed E-state index contributed by atoms with van der Waals surface area (Å²) >= 11 is 2.79. The molecule has 0 aliphatic rings. The van der Waals surface area contributed by atoms with Crippen LogP contribution >= 0.6 is 15.9 Å². The second kappa shape index (κ2) is 4.73. The average Bonchev–Trinajstić information content (AvgIpc) is 2.00. The van der Waals surface area contributed by atoms with Crippen molar-refractivity contribution in [2.45, 2.75) is 24.4 Å². The van der Waals surface area contributed by atoms with E-state index < -0.39 is 24.4 Å². The summed E-state index contributed by atoms with van der Waals surface area (Å²) in [5.74, 6) is 0. The van der Waals surface area contributed by atoms with Crippen LogP contribution in [0.4, 0.5) is 26.3 Å². The molecule has 0 amide bonds. The molecule has 15 heavy (non-hydrogen) atoms. The van der Waals surface area contributed by atoms with Crippen molar-refractivity contribution in [1.29, 1.82) is 0 Å². The zero-order chi connectivity index (χ0) is 12.3. The van der Waals surface area contributed by atoms with Gasteiger partial charge < -0.3 is 5.11 Å². The molecule has 0 unspecified atom stereocenters. The van der Waals surface area contributed by atoms with E-state index >= 15 is 0 Å². The van der Waals surface area contributed by atoms with Gasteiger partial charge in [0.15, 0.2) is 0 Å². The summed E-state index contributed by atoms with van der Waals surface area (Å²) in [5, 5.41) is 8.70. The summed E-state index contributed by atoms with van der Waals surface area (Å²) in [5.41, 5.74) is -4.68. The van der Waals surface area contributed by atoms with E-state index in [1.165, 1.54) is 0 Å². The average molecular weight is 301 g/mol. The number of halogens is 7. The van der Waals surface area contributed by atoms with Gasteiger partial charge in [0.2, 0.25) is 0 Å². The molecular weight excluding hydrogens is 294 g/mol. The Hall–Kier alpha value is -0.240. The molecular formula is C7H7BrF6O. The van der Waals surface area contributed by atoms with Crippen molar-refractivity contribution in [1.82, 2.24) is 0 Å². The summed E-state index contributed by atoms with van der Waals surface area (Å²) in [6.07, 6.45) is -11.4. The third-order valence-electron chi connectivity index (χ3n) is 1.61. The van der Waals surface area contributed by atoms with Gasteiger partial charge in [-0.3, -0.25) is 0 Å². The molecule has 0 aromatic rings. The highest BCUT2D eigenvalue weighted by molar-refractivity contribution is 9.09. The number of hydrogen-bond acceptors (Lipinski definition) is 1. The molecule has 0 bridgehead atoms. The molecule has 1 nitrogen and oxygen atoms in total. The first kappa shape index (κ1) is 14.8. The normalized spacial score (nSPS) is 14.9. The molecule has 0 aromatic heterocycles. The Bertz CT molecular complexity index is 217. The quantitative estimate of drug-likeness (QED) is 0.482. The summed E-state index contributed by atoms with van der Waals surface area (Å²) in [6, 6.07) is 0. The van der Waals surface area contributed by atoms with Crippen LogP contribution < -0.4 is 0 Å². The maximum atomic E-state index is 12.0. The lowest BCUT2D eigenvalue weighted by molar-refractivity contribution is -0.366. The van der Waals surface area contributed by atoms with Crippen molar-refractivity contribution in [2.24, 2.45) is 0 Å². The van der Waals surface area contributed by atoms with Gasteiger partial charge in [0.1, 0.15) is 0 Å². The standard InChI is InChI=1S/C7H7BrF6O/c8-4-2-1-3-5(15,6(9,10)11)7(12,13)14/h1-2,15H,3-4H2. The van der Waals surface area contributed by atoms with Crippen LogP contribution in [0.2, 0.25) is 0 Å². The highest BCUT2D eigenvalue weighted by atomic mass is 79.9. The van der Waals surface area contributed by atoms with Gasteiger partial charge in [-0.2, -0.15) is 26.3 Å². The molecule has 0 rings (SSSR count). The third-order valence-corrected chi connectivity index (χ3v) is 1.98. The fraction of sp³-hybridized carbons (Fsp3) is 0.714. The molecule has 0 aliphatic heterocycles. The molecule has 0 atom stereocenters. The van der Waals surface area contributed by atoms with Gasteiger partial charge >= 0.3 is 12.4 Å². The number of hydrogen-bond donors (Lipinski definition) is 1. The lowest BCUT2D eigenvalue weighted by Crippen LogP contribution is -2.56. The Kier molecular flexibility index (Phi) is 4.66. The molecule has 0 spiro atoms. The minimum Gasteiger partial charge on any atom is -0.373 e. The Labute approximate surface area is 89.9 Å². The van der Waals surface area contributed by atoms with Crippen LogP contribution in [0.1, 0.15) is 6.42 Å². The van der Waals surface area contributed by atoms with E-state index in [1.807, 2.05) is 0 Å². The van der Waals surface area contributed by atoms with Crippen LogP contribution in [0, 0.1) is 0 Å². The van der Waals surface area contributed by atoms with Crippen molar-refractivity contribution in [3.63, 3.8) is 0 Å². The van der Waals surface area contributed by atoms with E-state index in [-0.39, 0.29) is 5.33 Å². The van der Waals surface area contributed by atoms with Crippen molar-refractivity contribution < 1.29 is 31.4 Å². The predicted octanol–water partition coefficient (Wildman–Crippen LogP) is 3.18. The zero-order valence-corrected chi connectivity index (χ0v) is 8.75. The van der Waals surface area contributed by atoms with Gasteiger partial charge in [-0.05, 0) is 0 Å². The van der Waals surface area contributed by atoms with E-state index in [0.29, 0.717) is 6.08 Å². The van der Waals surface area contributed by atoms with E-state index in [0.717, 1.165) is 6.08 Å². The molecule has 0 radical (unpaired) electrons. The fourth-order valence-corrected chi connectivity index (χ4v) is 0.973. The fourth-order valence-electron chi connectivity index (χ4n) is 0.709. The highest BCUT2D eigenvalue weighted by Crippen LogP contribution is 2.45. The smallest absolute Gasteiger partial charge is 0.373 e. The van der Waals surface area contributed by atoms with Crippen molar-refractivity contribution in [3.8, 4) is 0 Å². The lowest BCUT2D eigenvalue weighted by Gasteiger charge is -2.31. The molecule has 0 heterocycles. The SMILES string of the molecule is OC(CC=CCBr)(C(F)(F)F)C(F)(F)F. The number of rotatable bonds is 3. The predicted molar refractivity (Wildman–Crippen MR) is 44.6 cm³/mol. The first-order valence-electron chi connectivity index (χ1n) is 3.63. The van der Waals surface area contributed by atoms with Crippen LogP contribution in [0.3, 0.4) is 0 Å². The van der Waals surface area contributed by atoms with Crippen LogP contribution in [-0.4, -0.2) is 28.4 Å². The van der Waals surface area contributed by atoms with E-state index in [9.17, 15) is 26.3 Å². The zero-order valence-electron chi connectivity index (χ0n) is 7.16. The summed E-state index contributed by atoms with van der Waals surface area (Å²) in [6.45, 7) is 0. The number of alkyl halides is 7. The molecule has 1 N–H and O–H groups in total. The highest BCUT2D eigenvalue weighted by Gasteiger charge is 2.69. The molecule has 0 aromatic carbocycles. The first-order chi connectivity index (χ1) is 6.56. The minimum absolute atomic E-state index is 0.110. The maximum Gasteiger partial charge on any atom is 0.426 e. The van der Waals surface area contributed by atoms with Crippen LogP contribution in [0.5, 0.6) is 0 Å². The summed E-state index contributed by atoms with van der Waals surface area (Å²) in [4.78, 5) is 0. The van der Waals surface area contributed by atoms with Crippen LogP contribution in [-0.2, 0) is 0 Å². The van der Waals surface area contributed by atoms with Gasteiger partial charge in [-0.1, -0.05) is 28.1 Å². The van der Waals surface area contributed by atoms with Crippen molar-refractivity contribution >= 4 is 15.9 Å². The number of aliphatic hydroxyl groups is 1. The third kappa shape index (κ3) is 3.37. The lowest BCUT2D eigenvalue weighted by atomic mass is 9.98. The second-order valence-corrected chi connectivity index (χ2v) is 3.33. The van der Waals surface area contributed by atoms with Crippen LogP contribution in [0.25, 0.3) is 0 Å².